The van der Waals surface area contributed by atoms with Gasteiger partial charge in [0, 0.05) is 5.92 Å². The topological polar surface area (TPSA) is 92.3 Å². The van der Waals surface area contributed by atoms with Gasteiger partial charge in [0.05, 0.1) is 29.6 Å². The van der Waals surface area contributed by atoms with E-state index in [0.717, 1.165) is 0 Å². The van der Waals surface area contributed by atoms with Crippen molar-refractivity contribution in [2.45, 2.75) is 38.4 Å². The van der Waals surface area contributed by atoms with Gasteiger partial charge in [-0.3, -0.25) is 0 Å². The molecule has 3 N–H and O–H groups in total. The van der Waals surface area contributed by atoms with Crippen LogP contribution in [0.25, 0.3) is 0 Å². The maximum absolute atomic E-state index is 10.0. The maximum atomic E-state index is 10.0. The number of hydrogen-bond acceptors (Lipinski definition) is 7. The van der Waals surface area contributed by atoms with Crippen molar-refractivity contribution in [3.05, 3.63) is 22.6 Å². The van der Waals surface area contributed by atoms with E-state index in [2.05, 4.69) is 0 Å². The zero-order valence-electron chi connectivity index (χ0n) is 11.2. The molecule has 1 aromatic heterocycles. The van der Waals surface area contributed by atoms with Crippen LogP contribution in [-0.4, -0.2) is 46.5 Å². The van der Waals surface area contributed by atoms with Crippen LogP contribution in [0.15, 0.2) is 16.7 Å². The molecular formula is C13H18O6S. The maximum Gasteiger partial charge on any atom is 0.229 e. The van der Waals surface area contributed by atoms with Gasteiger partial charge in [-0.05, 0) is 13.0 Å². The van der Waals surface area contributed by atoms with Crippen molar-refractivity contribution >= 4 is 12.2 Å². The lowest BCUT2D eigenvalue weighted by Gasteiger charge is -2.40. The molecular weight excluding hydrogens is 284 g/mol. The van der Waals surface area contributed by atoms with Crippen LogP contribution in [0.5, 0.6) is 5.75 Å². The highest BCUT2D eigenvalue weighted by Gasteiger charge is 2.43. The summed E-state index contributed by atoms with van der Waals surface area (Å²) in [5.74, 6) is 0.325. The van der Waals surface area contributed by atoms with Crippen molar-refractivity contribution < 1.29 is 29.2 Å². The Morgan fingerprint density at radius 3 is 2.65 bits per heavy atom. The highest BCUT2D eigenvalue weighted by Crippen LogP contribution is 2.29. The van der Waals surface area contributed by atoms with Crippen LogP contribution in [0, 0.1) is 17.4 Å². The van der Waals surface area contributed by atoms with E-state index < -0.39 is 30.5 Å². The molecule has 0 bridgehead atoms. The zero-order chi connectivity index (χ0) is 14.9. The van der Waals surface area contributed by atoms with Crippen molar-refractivity contribution in [1.82, 2.24) is 0 Å². The van der Waals surface area contributed by atoms with Gasteiger partial charge in [0.2, 0.25) is 6.29 Å². The van der Waals surface area contributed by atoms with E-state index in [1.54, 1.807) is 19.9 Å². The van der Waals surface area contributed by atoms with Crippen LogP contribution in [-0.2, 0) is 4.74 Å². The summed E-state index contributed by atoms with van der Waals surface area (Å²) < 4.78 is 16.6. The van der Waals surface area contributed by atoms with Crippen LogP contribution < -0.4 is 4.74 Å². The molecule has 5 atom stereocenters. The number of rotatable bonds is 3. The summed E-state index contributed by atoms with van der Waals surface area (Å²) in [6.45, 7) is 3.08. The number of aliphatic hydroxyl groups excluding tert-OH is 3. The van der Waals surface area contributed by atoms with E-state index in [1.807, 2.05) is 0 Å². The molecule has 5 unspecified atom stereocenters. The standard InChI is InChI=1S/C13H18O6S/c1-6-8(5-14)18-13(11(16)10(6)15)19-12-7(2)17-4-3-9(12)20/h3-4,6,8,10-11,13-16H,5H2,1-2H3. The largest absolute Gasteiger partial charge is 0.466 e. The SMILES string of the molecule is Cc1occc(=S)c1OC1OC(CO)C(C)C(O)C1O. The molecule has 0 saturated carbocycles. The summed E-state index contributed by atoms with van der Waals surface area (Å²) in [7, 11) is 0. The van der Waals surface area contributed by atoms with Crippen LogP contribution in [0.4, 0.5) is 0 Å². The fourth-order valence-electron chi connectivity index (χ4n) is 2.13. The fraction of sp³-hybridized carbons (Fsp3) is 0.615. The third kappa shape index (κ3) is 2.87. The van der Waals surface area contributed by atoms with Crippen molar-refractivity contribution in [3.8, 4) is 5.75 Å². The molecule has 112 valence electrons. The van der Waals surface area contributed by atoms with Crippen LogP contribution >= 0.6 is 12.2 Å². The molecule has 2 heterocycles. The summed E-state index contributed by atoms with van der Waals surface area (Å²) in [5, 5.41) is 29.2. The molecule has 0 radical (unpaired) electrons. The highest BCUT2D eigenvalue weighted by atomic mass is 32.1. The van der Waals surface area contributed by atoms with Gasteiger partial charge in [-0.25, -0.2) is 0 Å². The molecule has 1 aromatic rings. The number of ether oxygens (including phenoxy) is 2. The van der Waals surface area contributed by atoms with Gasteiger partial charge in [-0.15, -0.1) is 0 Å². The van der Waals surface area contributed by atoms with Gasteiger partial charge in [-0.1, -0.05) is 19.1 Å². The predicted molar refractivity (Wildman–Crippen MR) is 71.8 cm³/mol. The Hall–Kier alpha value is -0.990. The summed E-state index contributed by atoms with van der Waals surface area (Å²) >= 11 is 5.12. The Balaban J connectivity index is 2.22. The van der Waals surface area contributed by atoms with E-state index >= 15 is 0 Å². The molecule has 20 heavy (non-hydrogen) atoms. The smallest absolute Gasteiger partial charge is 0.229 e. The number of aryl methyl sites for hydroxylation is 1. The first kappa shape index (κ1) is 15.4. The van der Waals surface area contributed by atoms with E-state index in [0.29, 0.717) is 10.3 Å². The molecule has 0 aliphatic carbocycles. The molecule has 0 aromatic carbocycles. The summed E-state index contributed by atoms with van der Waals surface area (Å²) in [5.41, 5.74) is 0. The van der Waals surface area contributed by atoms with E-state index in [-0.39, 0.29) is 12.4 Å². The minimum Gasteiger partial charge on any atom is -0.466 e. The van der Waals surface area contributed by atoms with E-state index in [1.165, 1.54) is 6.26 Å². The molecule has 1 fully saturated rings. The second kappa shape index (κ2) is 6.19. The number of aliphatic hydroxyl groups is 3. The molecule has 1 aliphatic rings. The molecule has 1 saturated heterocycles. The van der Waals surface area contributed by atoms with Crippen LogP contribution in [0.3, 0.4) is 0 Å². The predicted octanol–water partition coefficient (Wildman–Crippen LogP) is 0.771. The molecule has 1 aliphatic heterocycles. The Kier molecular flexibility index (Phi) is 4.77. The molecule has 0 spiro atoms. The van der Waals surface area contributed by atoms with Gasteiger partial charge in [-0.2, -0.15) is 0 Å². The summed E-state index contributed by atoms with van der Waals surface area (Å²) in [6, 6.07) is 1.55. The highest BCUT2D eigenvalue weighted by molar-refractivity contribution is 7.71. The third-order valence-electron chi connectivity index (χ3n) is 3.48. The average molecular weight is 302 g/mol. The van der Waals surface area contributed by atoms with Crippen molar-refractivity contribution in [2.75, 3.05) is 6.61 Å². The first-order chi connectivity index (χ1) is 9.45. The van der Waals surface area contributed by atoms with Crippen molar-refractivity contribution in [1.29, 1.82) is 0 Å². The van der Waals surface area contributed by atoms with Gasteiger partial charge in [0.1, 0.15) is 11.9 Å². The lowest BCUT2D eigenvalue weighted by molar-refractivity contribution is -0.261. The lowest BCUT2D eigenvalue weighted by atomic mass is 9.91. The molecule has 0 amide bonds. The Bertz CT molecular complexity index is 514. The summed E-state index contributed by atoms with van der Waals surface area (Å²) in [4.78, 5) is 0. The first-order valence-corrected chi connectivity index (χ1v) is 6.74. The first-order valence-electron chi connectivity index (χ1n) is 6.33. The van der Waals surface area contributed by atoms with E-state index in [9.17, 15) is 15.3 Å². The van der Waals surface area contributed by atoms with Gasteiger partial charge < -0.3 is 29.2 Å². The second-order valence-corrected chi connectivity index (χ2v) is 5.29. The lowest BCUT2D eigenvalue weighted by Crippen LogP contribution is -2.56. The molecule has 7 heteroatoms. The minimum absolute atomic E-state index is 0.274. The van der Waals surface area contributed by atoms with Crippen LogP contribution in [0.1, 0.15) is 12.7 Å². The quantitative estimate of drug-likeness (QED) is 0.710. The van der Waals surface area contributed by atoms with Gasteiger partial charge >= 0.3 is 0 Å². The van der Waals surface area contributed by atoms with Crippen molar-refractivity contribution in [3.63, 3.8) is 0 Å². The third-order valence-corrected chi connectivity index (χ3v) is 3.81. The van der Waals surface area contributed by atoms with Crippen LogP contribution in [0.2, 0.25) is 0 Å². The Morgan fingerprint density at radius 1 is 1.35 bits per heavy atom. The second-order valence-electron chi connectivity index (χ2n) is 4.85. The minimum atomic E-state index is -1.23. The molecule has 2 rings (SSSR count). The monoisotopic (exact) mass is 302 g/mol. The Morgan fingerprint density at radius 2 is 2.05 bits per heavy atom. The normalized spacial score (nSPS) is 34.0. The van der Waals surface area contributed by atoms with Gasteiger partial charge in [0.25, 0.3) is 0 Å². The number of hydrogen-bond donors (Lipinski definition) is 3. The Labute approximate surface area is 121 Å². The fourth-order valence-corrected chi connectivity index (χ4v) is 2.38. The van der Waals surface area contributed by atoms with Gasteiger partial charge in [0.15, 0.2) is 5.75 Å². The average Bonchev–Trinajstić information content (AvgIpc) is 2.43. The van der Waals surface area contributed by atoms with E-state index in [4.69, 9.17) is 26.1 Å². The molecule has 6 nitrogen and oxygen atoms in total. The summed E-state index contributed by atoms with van der Waals surface area (Å²) in [6.07, 6.45) is -2.58. The van der Waals surface area contributed by atoms with Crippen molar-refractivity contribution in [2.24, 2.45) is 5.92 Å². The zero-order valence-corrected chi connectivity index (χ0v) is 12.0.